The Morgan fingerprint density at radius 1 is 1.19 bits per heavy atom. The largest absolute Gasteiger partial charge is 0.446 e. The van der Waals surface area contributed by atoms with E-state index in [1.165, 1.54) is 0 Å². The summed E-state index contributed by atoms with van der Waals surface area (Å²) in [5.74, 6) is 0. The SMILES string of the molecule is CC1CC=C(c2cc(-c3ccccc3)ccn2)NC(=O)O1. The van der Waals surface area contributed by atoms with Crippen LogP contribution >= 0.6 is 0 Å². The number of hydrogen-bond donors (Lipinski definition) is 1. The lowest BCUT2D eigenvalue weighted by molar-refractivity contribution is 0.115. The first-order chi connectivity index (χ1) is 10.2. The molecule has 0 spiro atoms. The molecular formula is C17H16N2O2. The van der Waals surface area contributed by atoms with Crippen LogP contribution in [-0.4, -0.2) is 17.2 Å². The van der Waals surface area contributed by atoms with E-state index >= 15 is 0 Å². The van der Waals surface area contributed by atoms with Crippen molar-refractivity contribution in [2.24, 2.45) is 0 Å². The fourth-order valence-electron chi connectivity index (χ4n) is 2.26. The number of carbonyl (C=O) groups is 1. The summed E-state index contributed by atoms with van der Waals surface area (Å²) in [6, 6.07) is 14.0. The zero-order valence-electron chi connectivity index (χ0n) is 11.7. The van der Waals surface area contributed by atoms with Crippen molar-refractivity contribution in [1.82, 2.24) is 10.3 Å². The van der Waals surface area contributed by atoms with E-state index in [-0.39, 0.29) is 6.10 Å². The van der Waals surface area contributed by atoms with Gasteiger partial charge in [-0.05, 0) is 30.2 Å². The van der Waals surface area contributed by atoms with Gasteiger partial charge in [0.2, 0.25) is 0 Å². The highest BCUT2D eigenvalue weighted by Crippen LogP contribution is 2.22. The van der Waals surface area contributed by atoms with Gasteiger partial charge < -0.3 is 4.74 Å². The van der Waals surface area contributed by atoms with Crippen molar-refractivity contribution in [3.05, 3.63) is 60.4 Å². The highest BCUT2D eigenvalue weighted by atomic mass is 16.6. The standard InChI is InChI=1S/C17H16N2O2/c1-12-7-8-15(19-17(20)21-12)16-11-14(9-10-18-16)13-5-3-2-4-6-13/h2-6,8-12H,7H2,1H3,(H,19,20). The van der Waals surface area contributed by atoms with Crippen LogP contribution in [0.3, 0.4) is 0 Å². The molecule has 0 saturated carbocycles. The molecule has 1 aromatic heterocycles. The van der Waals surface area contributed by atoms with Crippen LogP contribution in [-0.2, 0) is 4.74 Å². The zero-order chi connectivity index (χ0) is 14.7. The van der Waals surface area contributed by atoms with Gasteiger partial charge in [-0.25, -0.2) is 4.79 Å². The molecule has 2 heterocycles. The predicted molar refractivity (Wildman–Crippen MR) is 81.3 cm³/mol. The molecule has 106 valence electrons. The van der Waals surface area contributed by atoms with E-state index in [9.17, 15) is 4.79 Å². The lowest BCUT2D eigenvalue weighted by Crippen LogP contribution is -2.23. The first-order valence-corrected chi connectivity index (χ1v) is 6.92. The molecule has 1 amide bonds. The van der Waals surface area contributed by atoms with Crippen LogP contribution in [0, 0.1) is 0 Å². The summed E-state index contributed by atoms with van der Waals surface area (Å²) in [5, 5.41) is 2.74. The molecule has 1 aliphatic heterocycles. The van der Waals surface area contributed by atoms with E-state index in [2.05, 4.69) is 10.3 Å². The molecular weight excluding hydrogens is 264 g/mol. The third-order valence-corrected chi connectivity index (χ3v) is 3.34. The molecule has 3 rings (SSSR count). The number of nitrogens with one attached hydrogen (secondary N) is 1. The van der Waals surface area contributed by atoms with Gasteiger partial charge in [-0.1, -0.05) is 36.4 Å². The van der Waals surface area contributed by atoms with Crippen LogP contribution in [0.1, 0.15) is 19.0 Å². The highest BCUT2D eigenvalue weighted by Gasteiger charge is 2.17. The van der Waals surface area contributed by atoms with Crippen molar-refractivity contribution >= 4 is 11.8 Å². The van der Waals surface area contributed by atoms with Crippen LogP contribution in [0.4, 0.5) is 4.79 Å². The Labute approximate surface area is 123 Å². The van der Waals surface area contributed by atoms with Gasteiger partial charge in [0.25, 0.3) is 0 Å². The first-order valence-electron chi connectivity index (χ1n) is 6.92. The first kappa shape index (κ1) is 13.4. The van der Waals surface area contributed by atoms with Crippen LogP contribution < -0.4 is 5.32 Å². The van der Waals surface area contributed by atoms with Gasteiger partial charge >= 0.3 is 6.09 Å². The monoisotopic (exact) mass is 280 g/mol. The number of hydrogen-bond acceptors (Lipinski definition) is 3. The summed E-state index contributed by atoms with van der Waals surface area (Å²) in [6.45, 7) is 1.87. The third-order valence-electron chi connectivity index (χ3n) is 3.34. The van der Waals surface area contributed by atoms with E-state index < -0.39 is 6.09 Å². The van der Waals surface area contributed by atoms with Crippen molar-refractivity contribution in [2.45, 2.75) is 19.4 Å². The number of pyridine rings is 1. The lowest BCUT2D eigenvalue weighted by atomic mass is 10.1. The topological polar surface area (TPSA) is 51.2 Å². The minimum absolute atomic E-state index is 0.125. The predicted octanol–water partition coefficient (Wildman–Crippen LogP) is 3.61. The fraction of sp³-hybridized carbons (Fsp3) is 0.176. The molecule has 4 nitrogen and oxygen atoms in total. The van der Waals surface area contributed by atoms with E-state index in [0.29, 0.717) is 12.1 Å². The number of amides is 1. The maximum atomic E-state index is 11.6. The van der Waals surface area contributed by atoms with E-state index in [1.54, 1.807) is 6.20 Å². The Hall–Kier alpha value is -2.62. The van der Waals surface area contributed by atoms with Gasteiger partial charge in [-0.2, -0.15) is 0 Å². The molecule has 4 heteroatoms. The van der Waals surface area contributed by atoms with Crippen molar-refractivity contribution in [3.8, 4) is 11.1 Å². The second kappa shape index (κ2) is 5.79. The molecule has 21 heavy (non-hydrogen) atoms. The number of aromatic nitrogens is 1. The molecule has 2 aromatic rings. The smallest absolute Gasteiger partial charge is 0.411 e. The average Bonchev–Trinajstić information content (AvgIpc) is 2.69. The molecule has 0 radical (unpaired) electrons. The van der Waals surface area contributed by atoms with Crippen molar-refractivity contribution in [3.63, 3.8) is 0 Å². The normalized spacial score (nSPS) is 18.2. The zero-order valence-corrected chi connectivity index (χ0v) is 11.7. The second-order valence-corrected chi connectivity index (χ2v) is 4.99. The molecule has 0 aliphatic carbocycles. The van der Waals surface area contributed by atoms with Crippen molar-refractivity contribution in [1.29, 1.82) is 0 Å². The Kier molecular flexibility index (Phi) is 3.69. The highest BCUT2D eigenvalue weighted by molar-refractivity contribution is 5.82. The third kappa shape index (κ3) is 3.11. The number of ether oxygens (including phenoxy) is 1. The average molecular weight is 280 g/mol. The van der Waals surface area contributed by atoms with E-state index in [4.69, 9.17) is 4.74 Å². The molecule has 1 aromatic carbocycles. The Bertz CT molecular complexity index is 680. The van der Waals surface area contributed by atoms with Gasteiger partial charge in [-0.15, -0.1) is 0 Å². The minimum atomic E-state index is -0.432. The number of rotatable bonds is 2. The Balaban J connectivity index is 1.94. The maximum absolute atomic E-state index is 11.6. The molecule has 0 saturated heterocycles. The number of alkyl carbamates (subject to hydrolysis) is 1. The molecule has 1 unspecified atom stereocenters. The number of carbonyl (C=O) groups excluding carboxylic acids is 1. The number of cyclic esters (lactones) is 1. The molecule has 0 fully saturated rings. The summed E-state index contributed by atoms with van der Waals surface area (Å²) in [6.07, 6.45) is 3.82. The van der Waals surface area contributed by atoms with Crippen molar-refractivity contribution in [2.75, 3.05) is 0 Å². The Morgan fingerprint density at radius 3 is 2.81 bits per heavy atom. The molecule has 0 bridgehead atoms. The maximum Gasteiger partial charge on any atom is 0.411 e. The van der Waals surface area contributed by atoms with Gasteiger partial charge in [0.1, 0.15) is 6.10 Å². The number of nitrogens with zero attached hydrogens (tertiary/aromatic N) is 1. The fourth-order valence-corrected chi connectivity index (χ4v) is 2.26. The van der Waals surface area contributed by atoms with Crippen LogP contribution in [0.2, 0.25) is 0 Å². The van der Waals surface area contributed by atoms with E-state index in [0.717, 1.165) is 16.8 Å². The summed E-state index contributed by atoms with van der Waals surface area (Å²) in [5.41, 5.74) is 3.62. The van der Waals surface area contributed by atoms with Gasteiger partial charge in [0, 0.05) is 12.6 Å². The second-order valence-electron chi connectivity index (χ2n) is 4.99. The summed E-state index contributed by atoms with van der Waals surface area (Å²) in [7, 11) is 0. The summed E-state index contributed by atoms with van der Waals surface area (Å²) >= 11 is 0. The van der Waals surface area contributed by atoms with Crippen LogP contribution in [0.5, 0.6) is 0 Å². The minimum Gasteiger partial charge on any atom is -0.446 e. The molecule has 1 aliphatic rings. The van der Waals surface area contributed by atoms with Gasteiger partial charge in [0.15, 0.2) is 0 Å². The van der Waals surface area contributed by atoms with Gasteiger partial charge in [-0.3, -0.25) is 10.3 Å². The lowest BCUT2D eigenvalue weighted by Gasteiger charge is -2.09. The summed E-state index contributed by atoms with van der Waals surface area (Å²) < 4.78 is 5.15. The van der Waals surface area contributed by atoms with Gasteiger partial charge in [0.05, 0.1) is 11.4 Å². The Morgan fingerprint density at radius 2 is 2.00 bits per heavy atom. The van der Waals surface area contributed by atoms with Crippen LogP contribution in [0.15, 0.2) is 54.7 Å². The number of benzene rings is 1. The molecule has 1 atom stereocenters. The van der Waals surface area contributed by atoms with Crippen LogP contribution in [0.25, 0.3) is 16.8 Å². The quantitative estimate of drug-likeness (QED) is 0.914. The summed E-state index contributed by atoms with van der Waals surface area (Å²) in [4.78, 5) is 16.0. The van der Waals surface area contributed by atoms with Crippen molar-refractivity contribution < 1.29 is 9.53 Å². The van der Waals surface area contributed by atoms with E-state index in [1.807, 2.05) is 55.5 Å². The molecule has 1 N–H and O–H groups in total.